The average molecular weight is 422 g/mol. The van der Waals surface area contributed by atoms with Crippen molar-refractivity contribution in [2.24, 2.45) is 5.73 Å². The highest BCUT2D eigenvalue weighted by molar-refractivity contribution is 7.12. The number of nitrogens with zero attached hydrogens (tertiary/aromatic N) is 2. The Hall–Kier alpha value is -2.65. The van der Waals surface area contributed by atoms with Gasteiger partial charge in [0.25, 0.3) is 5.91 Å². The molecule has 0 spiro atoms. The smallest absolute Gasteiger partial charge is 0.347 e. The first-order chi connectivity index (χ1) is 13.8. The first-order valence-corrected chi connectivity index (χ1v) is 9.98. The van der Waals surface area contributed by atoms with E-state index in [2.05, 4.69) is 10.4 Å². The molecule has 154 valence electrons. The lowest BCUT2D eigenvalue weighted by atomic mass is 9.99. The SMILES string of the molecule is CCn1nccc1-c1csc(C(=O)N[C@H](CN)Cc2ccccc2C(F)(F)F)c1. The molecule has 3 rings (SSSR count). The number of nitrogens with two attached hydrogens (primary N) is 1. The van der Waals surface area contributed by atoms with Crippen LogP contribution in [0.3, 0.4) is 0 Å². The predicted octanol–water partition coefficient (Wildman–Crippen LogP) is 3.95. The molecule has 0 aliphatic rings. The van der Waals surface area contributed by atoms with Gasteiger partial charge in [-0.1, -0.05) is 18.2 Å². The Morgan fingerprint density at radius 1 is 1.31 bits per heavy atom. The molecule has 9 heteroatoms. The summed E-state index contributed by atoms with van der Waals surface area (Å²) in [5.74, 6) is -0.358. The summed E-state index contributed by atoms with van der Waals surface area (Å²) in [5.41, 5.74) is 6.89. The van der Waals surface area contributed by atoms with Gasteiger partial charge in [-0.05, 0) is 37.1 Å². The monoisotopic (exact) mass is 422 g/mol. The third-order valence-corrected chi connectivity index (χ3v) is 5.47. The Balaban J connectivity index is 1.73. The third-order valence-electron chi connectivity index (χ3n) is 4.54. The molecule has 0 fully saturated rings. The molecule has 29 heavy (non-hydrogen) atoms. The minimum absolute atomic E-state index is 0.00123. The number of carbonyl (C=O) groups is 1. The number of rotatable bonds is 7. The lowest BCUT2D eigenvalue weighted by Gasteiger charge is -2.19. The van der Waals surface area contributed by atoms with Crippen LogP contribution in [-0.4, -0.2) is 28.3 Å². The molecular formula is C20H21F3N4OS. The molecule has 0 aliphatic carbocycles. The summed E-state index contributed by atoms with van der Waals surface area (Å²) < 4.78 is 41.4. The minimum atomic E-state index is -4.45. The number of hydrogen-bond acceptors (Lipinski definition) is 4. The van der Waals surface area contributed by atoms with Crippen LogP contribution in [0.4, 0.5) is 13.2 Å². The van der Waals surface area contributed by atoms with E-state index in [0.717, 1.165) is 17.3 Å². The number of aryl methyl sites for hydroxylation is 1. The molecule has 3 N–H and O–H groups in total. The van der Waals surface area contributed by atoms with E-state index in [-0.39, 0.29) is 24.4 Å². The van der Waals surface area contributed by atoms with E-state index in [1.807, 2.05) is 23.1 Å². The largest absolute Gasteiger partial charge is 0.416 e. The number of hydrogen-bond donors (Lipinski definition) is 2. The molecule has 2 heterocycles. The van der Waals surface area contributed by atoms with Gasteiger partial charge >= 0.3 is 6.18 Å². The lowest BCUT2D eigenvalue weighted by Crippen LogP contribution is -2.41. The summed E-state index contributed by atoms with van der Waals surface area (Å²) in [6.07, 6.45) is -2.76. The second-order valence-corrected chi connectivity index (χ2v) is 7.41. The van der Waals surface area contributed by atoms with Gasteiger partial charge in [-0.15, -0.1) is 11.3 Å². The fraction of sp³-hybridized carbons (Fsp3) is 0.300. The number of thiophene rings is 1. The zero-order valence-corrected chi connectivity index (χ0v) is 16.6. The molecule has 1 aromatic carbocycles. The second-order valence-electron chi connectivity index (χ2n) is 6.50. The predicted molar refractivity (Wildman–Crippen MR) is 107 cm³/mol. The van der Waals surface area contributed by atoms with E-state index in [9.17, 15) is 18.0 Å². The van der Waals surface area contributed by atoms with Gasteiger partial charge in [0, 0.05) is 36.3 Å². The summed E-state index contributed by atoms with van der Waals surface area (Å²) in [4.78, 5) is 13.1. The van der Waals surface area contributed by atoms with Crippen LogP contribution in [0, 0.1) is 0 Å². The van der Waals surface area contributed by atoms with Crippen LogP contribution in [0.2, 0.25) is 0 Å². The Bertz CT molecular complexity index is 980. The molecule has 0 unspecified atom stereocenters. The zero-order valence-electron chi connectivity index (χ0n) is 15.7. The Kier molecular flexibility index (Phi) is 6.39. The van der Waals surface area contributed by atoms with Crippen molar-refractivity contribution in [2.75, 3.05) is 6.54 Å². The summed E-state index contributed by atoms with van der Waals surface area (Å²) in [6.45, 7) is 2.70. The number of benzene rings is 1. The average Bonchev–Trinajstić information content (AvgIpc) is 3.35. The van der Waals surface area contributed by atoms with Crippen molar-refractivity contribution < 1.29 is 18.0 Å². The van der Waals surface area contributed by atoms with Gasteiger partial charge in [0.1, 0.15) is 0 Å². The molecule has 0 bridgehead atoms. The van der Waals surface area contributed by atoms with Gasteiger partial charge in [0.05, 0.1) is 16.1 Å². The van der Waals surface area contributed by atoms with Gasteiger partial charge in [0.2, 0.25) is 0 Å². The van der Waals surface area contributed by atoms with Crippen molar-refractivity contribution in [2.45, 2.75) is 32.1 Å². The molecule has 1 atom stereocenters. The highest BCUT2D eigenvalue weighted by atomic mass is 32.1. The number of alkyl halides is 3. The van der Waals surface area contributed by atoms with E-state index in [0.29, 0.717) is 11.4 Å². The van der Waals surface area contributed by atoms with Crippen LogP contribution in [0.1, 0.15) is 27.7 Å². The standard InChI is InChI=1S/C20H21F3N4OS/c1-2-27-17(7-8-25-27)14-10-18(29-12-14)19(28)26-15(11-24)9-13-5-3-4-6-16(13)20(21,22)23/h3-8,10,12,15H,2,9,11,24H2,1H3,(H,26,28)/t15-/m0/s1. The van der Waals surface area contributed by atoms with Gasteiger partial charge in [-0.25, -0.2) is 0 Å². The number of amides is 1. The maximum Gasteiger partial charge on any atom is 0.416 e. The maximum atomic E-state index is 13.2. The number of aromatic nitrogens is 2. The molecular weight excluding hydrogens is 401 g/mol. The topological polar surface area (TPSA) is 72.9 Å². The number of carbonyl (C=O) groups excluding carboxylic acids is 1. The molecule has 0 radical (unpaired) electrons. The highest BCUT2D eigenvalue weighted by Crippen LogP contribution is 2.32. The van der Waals surface area contributed by atoms with Crippen molar-refractivity contribution in [3.8, 4) is 11.3 Å². The van der Waals surface area contributed by atoms with Crippen LogP contribution in [-0.2, 0) is 19.1 Å². The summed E-state index contributed by atoms with van der Waals surface area (Å²) >= 11 is 1.27. The van der Waals surface area contributed by atoms with E-state index in [4.69, 9.17) is 5.73 Å². The fourth-order valence-corrected chi connectivity index (χ4v) is 3.91. The number of halogens is 3. The van der Waals surface area contributed by atoms with Gasteiger partial charge < -0.3 is 11.1 Å². The molecule has 1 amide bonds. The Labute approximate surface area is 170 Å². The summed E-state index contributed by atoms with van der Waals surface area (Å²) in [6, 6.07) is 8.33. The molecule has 3 aromatic rings. The van der Waals surface area contributed by atoms with Crippen molar-refractivity contribution in [1.82, 2.24) is 15.1 Å². The molecule has 0 saturated carbocycles. The van der Waals surface area contributed by atoms with E-state index in [1.165, 1.54) is 23.5 Å². The van der Waals surface area contributed by atoms with Crippen LogP contribution in [0.15, 0.2) is 48.0 Å². The van der Waals surface area contributed by atoms with Crippen molar-refractivity contribution in [1.29, 1.82) is 0 Å². The summed E-state index contributed by atoms with van der Waals surface area (Å²) in [5, 5.41) is 8.82. The first kappa shape index (κ1) is 21.1. The quantitative estimate of drug-likeness (QED) is 0.606. The van der Waals surface area contributed by atoms with E-state index in [1.54, 1.807) is 18.3 Å². The molecule has 2 aromatic heterocycles. The minimum Gasteiger partial charge on any atom is -0.347 e. The Morgan fingerprint density at radius 3 is 2.76 bits per heavy atom. The van der Waals surface area contributed by atoms with Gasteiger partial charge in [-0.2, -0.15) is 18.3 Å². The fourth-order valence-electron chi connectivity index (χ4n) is 3.11. The van der Waals surface area contributed by atoms with Gasteiger partial charge in [-0.3, -0.25) is 9.48 Å². The van der Waals surface area contributed by atoms with E-state index < -0.39 is 17.8 Å². The highest BCUT2D eigenvalue weighted by Gasteiger charge is 2.33. The van der Waals surface area contributed by atoms with Crippen molar-refractivity contribution in [3.63, 3.8) is 0 Å². The van der Waals surface area contributed by atoms with Crippen LogP contribution in [0.25, 0.3) is 11.3 Å². The Morgan fingerprint density at radius 2 is 2.07 bits per heavy atom. The van der Waals surface area contributed by atoms with Crippen LogP contribution < -0.4 is 11.1 Å². The molecule has 0 aliphatic heterocycles. The van der Waals surface area contributed by atoms with Gasteiger partial charge in [0.15, 0.2) is 0 Å². The molecule has 0 saturated heterocycles. The van der Waals surface area contributed by atoms with Crippen molar-refractivity contribution in [3.05, 3.63) is 64.0 Å². The summed E-state index contributed by atoms with van der Waals surface area (Å²) in [7, 11) is 0. The second kappa shape index (κ2) is 8.79. The van der Waals surface area contributed by atoms with Crippen LogP contribution >= 0.6 is 11.3 Å². The van der Waals surface area contributed by atoms with E-state index >= 15 is 0 Å². The zero-order chi connectivity index (χ0) is 21.0. The number of nitrogens with one attached hydrogen (secondary N) is 1. The third kappa shape index (κ3) is 4.86. The van der Waals surface area contributed by atoms with Crippen LogP contribution in [0.5, 0.6) is 0 Å². The first-order valence-electron chi connectivity index (χ1n) is 9.10. The van der Waals surface area contributed by atoms with Crippen molar-refractivity contribution >= 4 is 17.2 Å². The normalized spacial score (nSPS) is 12.7. The molecule has 5 nitrogen and oxygen atoms in total. The maximum absolute atomic E-state index is 13.2. The lowest BCUT2D eigenvalue weighted by molar-refractivity contribution is -0.138.